The molecule has 9 heteroatoms. The van der Waals surface area contributed by atoms with Crippen LogP contribution in [-0.2, 0) is 35.1 Å². The Hall–Kier alpha value is -2.97. The van der Waals surface area contributed by atoms with E-state index in [4.69, 9.17) is 4.74 Å². The Morgan fingerprint density at radius 1 is 1.04 bits per heavy atom. The molecule has 0 aliphatic rings. The van der Waals surface area contributed by atoms with Crippen molar-refractivity contribution in [1.29, 1.82) is 0 Å². The van der Waals surface area contributed by atoms with Gasteiger partial charge >= 0.3 is 11.9 Å². The van der Waals surface area contributed by atoms with E-state index in [1.54, 1.807) is 6.92 Å². The maximum Gasteiger partial charge on any atom is 0.328 e. The lowest BCUT2D eigenvalue weighted by Crippen LogP contribution is -2.54. The number of esters is 2. The molecule has 0 aromatic heterocycles. The largest absolute Gasteiger partial charge is 0.469 e. The molecule has 0 radical (unpaired) electrons. The van der Waals surface area contributed by atoms with E-state index in [-0.39, 0.29) is 12.8 Å². The lowest BCUT2D eigenvalue weighted by molar-refractivity contribution is -0.148. The van der Waals surface area contributed by atoms with E-state index in [9.17, 15) is 23.6 Å². The SMILES string of the molecule is COC(=O)C[C@H](C)[C@@H](NC(=O)[C@@H](Cc1ccc(F)cc1)NC(C)=O)C(=O)OC. The Bertz CT molecular complexity index is 707. The van der Waals surface area contributed by atoms with E-state index in [1.807, 2.05) is 0 Å². The van der Waals surface area contributed by atoms with Crippen LogP contribution in [0.5, 0.6) is 0 Å². The average Bonchev–Trinajstić information content (AvgIpc) is 2.65. The number of nitrogens with one attached hydrogen (secondary N) is 2. The van der Waals surface area contributed by atoms with E-state index in [0.717, 1.165) is 7.11 Å². The van der Waals surface area contributed by atoms with Crippen molar-refractivity contribution >= 4 is 23.8 Å². The fourth-order valence-electron chi connectivity index (χ4n) is 2.59. The normalized spacial score (nSPS) is 13.6. The summed E-state index contributed by atoms with van der Waals surface area (Å²) in [6.45, 7) is 2.84. The van der Waals surface area contributed by atoms with E-state index in [2.05, 4.69) is 15.4 Å². The Labute approximate surface area is 162 Å². The molecule has 154 valence electrons. The summed E-state index contributed by atoms with van der Waals surface area (Å²) in [5.74, 6) is -3.38. The molecule has 1 aromatic carbocycles. The number of amides is 2. The first kappa shape index (κ1) is 23.1. The molecule has 2 amide bonds. The second kappa shape index (κ2) is 11.0. The van der Waals surface area contributed by atoms with E-state index >= 15 is 0 Å². The fourth-order valence-corrected chi connectivity index (χ4v) is 2.59. The van der Waals surface area contributed by atoms with Gasteiger partial charge in [0.05, 0.1) is 20.6 Å². The predicted molar refractivity (Wildman–Crippen MR) is 97.5 cm³/mol. The number of ether oxygens (including phenoxy) is 2. The summed E-state index contributed by atoms with van der Waals surface area (Å²) < 4.78 is 22.4. The Morgan fingerprint density at radius 3 is 2.14 bits per heavy atom. The summed E-state index contributed by atoms with van der Waals surface area (Å²) in [7, 11) is 2.38. The van der Waals surface area contributed by atoms with Crippen molar-refractivity contribution < 1.29 is 33.0 Å². The number of carbonyl (C=O) groups excluding carboxylic acids is 4. The molecule has 0 aliphatic heterocycles. The first-order chi connectivity index (χ1) is 13.2. The Balaban J connectivity index is 2.96. The van der Waals surface area contributed by atoms with Crippen molar-refractivity contribution in [3.05, 3.63) is 35.6 Å². The van der Waals surface area contributed by atoms with Crippen LogP contribution in [0.1, 0.15) is 25.8 Å². The number of hydrogen-bond donors (Lipinski definition) is 2. The molecule has 1 aromatic rings. The van der Waals surface area contributed by atoms with Crippen LogP contribution < -0.4 is 10.6 Å². The molecule has 2 N–H and O–H groups in total. The van der Waals surface area contributed by atoms with Crippen molar-refractivity contribution in [1.82, 2.24) is 10.6 Å². The number of rotatable bonds is 9. The fraction of sp³-hybridized carbons (Fsp3) is 0.474. The first-order valence-electron chi connectivity index (χ1n) is 8.64. The van der Waals surface area contributed by atoms with Crippen LogP contribution in [0.25, 0.3) is 0 Å². The molecule has 0 heterocycles. The molecule has 0 spiro atoms. The number of carbonyl (C=O) groups is 4. The van der Waals surface area contributed by atoms with Crippen LogP contribution in [0.2, 0.25) is 0 Å². The number of benzene rings is 1. The van der Waals surface area contributed by atoms with Crippen molar-refractivity contribution in [2.24, 2.45) is 5.92 Å². The zero-order chi connectivity index (χ0) is 21.3. The maximum absolute atomic E-state index is 13.1. The van der Waals surface area contributed by atoms with Gasteiger partial charge in [-0.05, 0) is 23.6 Å². The summed E-state index contributed by atoms with van der Waals surface area (Å²) >= 11 is 0. The lowest BCUT2D eigenvalue weighted by Gasteiger charge is -2.25. The summed E-state index contributed by atoms with van der Waals surface area (Å²) in [5.41, 5.74) is 0.618. The smallest absolute Gasteiger partial charge is 0.328 e. The van der Waals surface area contributed by atoms with Crippen LogP contribution in [0, 0.1) is 11.7 Å². The maximum atomic E-state index is 13.1. The van der Waals surface area contributed by atoms with Gasteiger partial charge in [-0.1, -0.05) is 19.1 Å². The highest BCUT2D eigenvalue weighted by atomic mass is 19.1. The van der Waals surface area contributed by atoms with Gasteiger partial charge in [0.15, 0.2) is 0 Å². The highest BCUT2D eigenvalue weighted by molar-refractivity contribution is 5.90. The van der Waals surface area contributed by atoms with Gasteiger partial charge in [0.1, 0.15) is 17.9 Å². The van der Waals surface area contributed by atoms with Gasteiger partial charge < -0.3 is 20.1 Å². The van der Waals surface area contributed by atoms with Crippen LogP contribution in [0.15, 0.2) is 24.3 Å². The molecule has 0 saturated heterocycles. The van der Waals surface area contributed by atoms with E-state index < -0.39 is 47.6 Å². The van der Waals surface area contributed by atoms with Crippen molar-refractivity contribution in [2.75, 3.05) is 14.2 Å². The molecule has 0 saturated carbocycles. The molecule has 0 aliphatic carbocycles. The van der Waals surface area contributed by atoms with E-state index in [0.29, 0.717) is 5.56 Å². The summed E-state index contributed by atoms with van der Waals surface area (Å²) in [5, 5.41) is 5.03. The number of halogens is 1. The summed E-state index contributed by atoms with van der Waals surface area (Å²) in [6, 6.07) is 3.37. The highest BCUT2D eigenvalue weighted by Gasteiger charge is 2.32. The van der Waals surface area contributed by atoms with Gasteiger partial charge in [-0.25, -0.2) is 9.18 Å². The standard InChI is InChI=1S/C19H25FN2O6/c1-11(9-16(24)27-3)17(19(26)28-4)22-18(25)15(21-12(2)23)10-13-5-7-14(20)8-6-13/h5-8,11,15,17H,9-10H2,1-4H3,(H,21,23)(H,22,25)/t11-,15+,17+/m0/s1. The second-order valence-corrected chi connectivity index (χ2v) is 6.35. The molecule has 28 heavy (non-hydrogen) atoms. The first-order valence-corrected chi connectivity index (χ1v) is 8.64. The quantitative estimate of drug-likeness (QED) is 0.596. The van der Waals surface area contributed by atoms with Crippen molar-refractivity contribution in [3.8, 4) is 0 Å². The molecule has 0 unspecified atom stereocenters. The Morgan fingerprint density at radius 2 is 1.64 bits per heavy atom. The Kier molecular flexibility index (Phi) is 9.07. The second-order valence-electron chi connectivity index (χ2n) is 6.35. The third-order valence-corrected chi connectivity index (χ3v) is 4.09. The monoisotopic (exact) mass is 396 g/mol. The van der Waals surface area contributed by atoms with Crippen LogP contribution in [-0.4, -0.2) is 50.1 Å². The minimum Gasteiger partial charge on any atom is -0.469 e. The van der Waals surface area contributed by atoms with Gasteiger partial charge in [-0.2, -0.15) is 0 Å². The predicted octanol–water partition coefficient (Wildman–Crippen LogP) is 0.730. The van der Waals surface area contributed by atoms with Gasteiger partial charge in [0, 0.05) is 13.3 Å². The summed E-state index contributed by atoms with van der Waals surface area (Å²) in [6.07, 6.45) is -0.0235. The van der Waals surface area contributed by atoms with Gasteiger partial charge in [-0.3, -0.25) is 14.4 Å². The van der Waals surface area contributed by atoms with Crippen molar-refractivity contribution in [3.63, 3.8) is 0 Å². The molecule has 0 fully saturated rings. The minimum atomic E-state index is -1.11. The third-order valence-electron chi connectivity index (χ3n) is 4.09. The molecular formula is C19H25FN2O6. The zero-order valence-electron chi connectivity index (χ0n) is 16.3. The molecule has 3 atom stereocenters. The lowest BCUT2D eigenvalue weighted by atomic mass is 9.97. The highest BCUT2D eigenvalue weighted by Crippen LogP contribution is 2.12. The molecule has 8 nitrogen and oxygen atoms in total. The zero-order valence-corrected chi connectivity index (χ0v) is 16.3. The topological polar surface area (TPSA) is 111 Å². The van der Waals surface area contributed by atoms with Gasteiger partial charge in [0.25, 0.3) is 0 Å². The van der Waals surface area contributed by atoms with Crippen LogP contribution in [0.4, 0.5) is 4.39 Å². The minimum absolute atomic E-state index is 0.0883. The molecule has 1 rings (SSSR count). The summed E-state index contributed by atoms with van der Waals surface area (Å²) in [4.78, 5) is 47.8. The van der Waals surface area contributed by atoms with Gasteiger partial charge in [-0.15, -0.1) is 0 Å². The van der Waals surface area contributed by atoms with Crippen LogP contribution >= 0.6 is 0 Å². The third kappa shape index (κ3) is 7.34. The average molecular weight is 396 g/mol. The van der Waals surface area contributed by atoms with Crippen molar-refractivity contribution in [2.45, 2.75) is 38.8 Å². The molecule has 0 bridgehead atoms. The van der Waals surface area contributed by atoms with Gasteiger partial charge in [0.2, 0.25) is 11.8 Å². The van der Waals surface area contributed by atoms with E-state index in [1.165, 1.54) is 38.3 Å². The molecular weight excluding hydrogens is 371 g/mol. The number of hydrogen-bond acceptors (Lipinski definition) is 6. The number of methoxy groups -OCH3 is 2. The van der Waals surface area contributed by atoms with Crippen LogP contribution in [0.3, 0.4) is 0 Å².